The molecule has 0 saturated heterocycles. The summed E-state index contributed by atoms with van der Waals surface area (Å²) < 4.78 is 26.1. The summed E-state index contributed by atoms with van der Waals surface area (Å²) in [5.74, 6) is 0.0846. The van der Waals surface area contributed by atoms with Gasteiger partial charge in [0.1, 0.15) is 0 Å². The van der Waals surface area contributed by atoms with E-state index >= 15 is 0 Å². The normalized spacial score (nSPS) is 11.1. The summed E-state index contributed by atoms with van der Waals surface area (Å²) in [6.45, 7) is 0. The molecule has 2 rings (SSSR count). The van der Waals surface area contributed by atoms with Gasteiger partial charge >= 0.3 is 0 Å². The van der Waals surface area contributed by atoms with Crippen LogP contribution in [0.25, 0.3) is 0 Å². The van der Waals surface area contributed by atoms with Gasteiger partial charge in [-0.3, -0.25) is 4.72 Å². The standard InChI is InChI=1S/C10H8ClN3O2S/c11-8-6-10(13-12-7-8)14-17(15,16)9-4-2-1-3-5-9/h1-7H,(H,13,14). The van der Waals surface area contributed by atoms with Crippen molar-refractivity contribution >= 4 is 27.4 Å². The molecular weight excluding hydrogens is 262 g/mol. The number of nitrogens with zero attached hydrogens (tertiary/aromatic N) is 2. The summed E-state index contributed by atoms with van der Waals surface area (Å²) in [5, 5.41) is 7.49. The molecular formula is C10H8ClN3O2S. The van der Waals surface area contributed by atoms with Crippen LogP contribution in [0.15, 0.2) is 47.5 Å². The first kappa shape index (κ1) is 11.8. The fraction of sp³-hybridized carbons (Fsp3) is 0. The Labute approximate surface area is 104 Å². The molecule has 0 aliphatic rings. The molecule has 0 bridgehead atoms. The highest BCUT2D eigenvalue weighted by Crippen LogP contribution is 2.15. The monoisotopic (exact) mass is 269 g/mol. The molecule has 1 N–H and O–H groups in total. The SMILES string of the molecule is O=S(=O)(Nc1cc(Cl)cnn1)c1ccccc1. The fourth-order valence-corrected chi connectivity index (χ4v) is 2.34. The van der Waals surface area contributed by atoms with Gasteiger partial charge in [-0.1, -0.05) is 29.8 Å². The lowest BCUT2D eigenvalue weighted by Crippen LogP contribution is -2.14. The van der Waals surface area contributed by atoms with E-state index in [1.807, 2.05) is 0 Å². The van der Waals surface area contributed by atoms with Crippen LogP contribution in [-0.4, -0.2) is 18.6 Å². The highest BCUT2D eigenvalue weighted by Gasteiger charge is 2.14. The lowest BCUT2D eigenvalue weighted by Gasteiger charge is -2.06. The lowest BCUT2D eigenvalue weighted by atomic mass is 10.4. The second-order valence-electron chi connectivity index (χ2n) is 3.18. The zero-order valence-electron chi connectivity index (χ0n) is 8.54. The third kappa shape index (κ3) is 2.92. The summed E-state index contributed by atoms with van der Waals surface area (Å²) in [4.78, 5) is 0.154. The van der Waals surface area contributed by atoms with Crippen LogP contribution in [0, 0.1) is 0 Å². The molecule has 0 fully saturated rings. The lowest BCUT2D eigenvalue weighted by molar-refractivity contribution is 0.601. The van der Waals surface area contributed by atoms with Gasteiger partial charge in [0.05, 0.1) is 16.1 Å². The van der Waals surface area contributed by atoms with Crippen molar-refractivity contribution in [1.29, 1.82) is 0 Å². The van der Waals surface area contributed by atoms with E-state index in [1.165, 1.54) is 24.4 Å². The molecule has 1 aromatic carbocycles. The quantitative estimate of drug-likeness (QED) is 0.924. The molecule has 0 saturated carbocycles. The molecule has 1 aromatic heterocycles. The second kappa shape index (κ2) is 4.68. The third-order valence-electron chi connectivity index (χ3n) is 1.91. The number of sulfonamides is 1. The van der Waals surface area contributed by atoms with Crippen LogP contribution in [-0.2, 0) is 10.0 Å². The smallest absolute Gasteiger partial charge is 0.262 e. The van der Waals surface area contributed by atoms with Crippen LogP contribution in [0.1, 0.15) is 0 Å². The molecule has 5 nitrogen and oxygen atoms in total. The minimum Gasteiger partial charge on any atom is -0.262 e. The van der Waals surface area contributed by atoms with Crippen molar-refractivity contribution in [3.8, 4) is 0 Å². The van der Waals surface area contributed by atoms with E-state index in [9.17, 15) is 8.42 Å². The molecule has 0 amide bonds. The van der Waals surface area contributed by atoms with Crippen molar-refractivity contribution < 1.29 is 8.42 Å². The van der Waals surface area contributed by atoms with E-state index in [1.54, 1.807) is 18.2 Å². The van der Waals surface area contributed by atoms with Crippen LogP contribution < -0.4 is 4.72 Å². The molecule has 0 atom stereocenters. The first-order chi connectivity index (χ1) is 8.08. The maximum absolute atomic E-state index is 11.9. The molecule has 0 unspecified atom stereocenters. The number of benzene rings is 1. The van der Waals surface area contributed by atoms with E-state index < -0.39 is 10.0 Å². The Bertz CT molecular complexity index is 616. The number of rotatable bonds is 3. The Morgan fingerprint density at radius 3 is 2.53 bits per heavy atom. The van der Waals surface area contributed by atoms with Crippen molar-refractivity contribution in [1.82, 2.24) is 10.2 Å². The summed E-state index contributed by atoms with van der Waals surface area (Å²) in [5.41, 5.74) is 0. The Balaban J connectivity index is 2.30. The van der Waals surface area contributed by atoms with Gasteiger partial charge < -0.3 is 0 Å². The van der Waals surface area contributed by atoms with E-state index in [4.69, 9.17) is 11.6 Å². The molecule has 88 valence electrons. The van der Waals surface area contributed by atoms with Crippen molar-refractivity contribution in [3.05, 3.63) is 47.6 Å². The number of nitrogens with one attached hydrogen (secondary N) is 1. The zero-order chi connectivity index (χ0) is 12.3. The maximum Gasteiger partial charge on any atom is 0.263 e. The molecule has 1 heterocycles. The first-order valence-electron chi connectivity index (χ1n) is 4.64. The van der Waals surface area contributed by atoms with Crippen LogP contribution in [0.4, 0.5) is 5.82 Å². The van der Waals surface area contributed by atoms with E-state index in [0.29, 0.717) is 5.02 Å². The van der Waals surface area contributed by atoms with Crippen LogP contribution >= 0.6 is 11.6 Å². The number of hydrogen-bond donors (Lipinski definition) is 1. The Hall–Kier alpha value is -1.66. The molecule has 7 heteroatoms. The highest BCUT2D eigenvalue weighted by molar-refractivity contribution is 7.92. The van der Waals surface area contributed by atoms with Gasteiger partial charge in [-0.25, -0.2) is 8.42 Å². The van der Waals surface area contributed by atoms with E-state index in [2.05, 4.69) is 14.9 Å². The van der Waals surface area contributed by atoms with Gasteiger partial charge in [-0.05, 0) is 12.1 Å². The van der Waals surface area contributed by atoms with Gasteiger partial charge in [0.15, 0.2) is 5.82 Å². The Morgan fingerprint density at radius 2 is 1.88 bits per heavy atom. The molecule has 0 spiro atoms. The van der Waals surface area contributed by atoms with Crippen molar-refractivity contribution in [2.45, 2.75) is 4.90 Å². The summed E-state index contributed by atoms with van der Waals surface area (Å²) in [7, 11) is -3.64. The molecule has 0 aliphatic heterocycles. The molecule has 0 aliphatic carbocycles. The number of anilines is 1. The average molecular weight is 270 g/mol. The predicted molar refractivity (Wildman–Crippen MR) is 64.3 cm³/mol. The van der Waals surface area contributed by atoms with E-state index in [-0.39, 0.29) is 10.7 Å². The number of hydrogen-bond acceptors (Lipinski definition) is 4. The van der Waals surface area contributed by atoms with Crippen molar-refractivity contribution in [2.24, 2.45) is 0 Å². The van der Waals surface area contributed by atoms with E-state index in [0.717, 1.165) is 0 Å². The highest BCUT2D eigenvalue weighted by atomic mass is 35.5. The Morgan fingerprint density at radius 1 is 1.18 bits per heavy atom. The first-order valence-corrected chi connectivity index (χ1v) is 6.50. The summed E-state index contributed by atoms with van der Waals surface area (Å²) >= 11 is 5.68. The minimum atomic E-state index is -3.64. The van der Waals surface area contributed by atoms with Crippen LogP contribution in [0.5, 0.6) is 0 Å². The molecule has 17 heavy (non-hydrogen) atoms. The summed E-state index contributed by atoms with van der Waals surface area (Å²) in [6, 6.07) is 9.37. The minimum absolute atomic E-state index is 0.0846. The van der Waals surface area contributed by atoms with Crippen molar-refractivity contribution in [2.75, 3.05) is 4.72 Å². The van der Waals surface area contributed by atoms with Crippen LogP contribution in [0.3, 0.4) is 0 Å². The average Bonchev–Trinajstić information content (AvgIpc) is 2.29. The zero-order valence-corrected chi connectivity index (χ0v) is 10.1. The Kier molecular flexibility index (Phi) is 3.26. The van der Waals surface area contributed by atoms with Gasteiger partial charge in [0.2, 0.25) is 0 Å². The topological polar surface area (TPSA) is 72.0 Å². The largest absolute Gasteiger partial charge is 0.263 e. The van der Waals surface area contributed by atoms with Gasteiger partial charge in [-0.2, -0.15) is 5.10 Å². The number of halogens is 1. The second-order valence-corrected chi connectivity index (χ2v) is 5.30. The summed E-state index contributed by atoms with van der Waals surface area (Å²) in [6.07, 6.45) is 1.32. The number of aromatic nitrogens is 2. The van der Waals surface area contributed by atoms with Gasteiger partial charge in [-0.15, -0.1) is 5.10 Å². The van der Waals surface area contributed by atoms with Gasteiger partial charge in [0.25, 0.3) is 10.0 Å². The van der Waals surface area contributed by atoms with Crippen LogP contribution in [0.2, 0.25) is 5.02 Å². The molecule has 0 radical (unpaired) electrons. The predicted octanol–water partition coefficient (Wildman–Crippen LogP) is 1.93. The third-order valence-corrected chi connectivity index (χ3v) is 3.49. The van der Waals surface area contributed by atoms with Gasteiger partial charge in [0, 0.05) is 6.07 Å². The van der Waals surface area contributed by atoms with Crippen molar-refractivity contribution in [3.63, 3.8) is 0 Å². The fourth-order valence-electron chi connectivity index (χ4n) is 1.19. The molecule has 2 aromatic rings. The maximum atomic E-state index is 11.9.